The summed E-state index contributed by atoms with van der Waals surface area (Å²) < 4.78 is 0. The van der Waals surface area contributed by atoms with E-state index < -0.39 is 0 Å². The van der Waals surface area contributed by atoms with E-state index in [2.05, 4.69) is 24.0 Å². The molecule has 0 aliphatic heterocycles. The Morgan fingerprint density at radius 1 is 1.22 bits per heavy atom. The van der Waals surface area contributed by atoms with Gasteiger partial charge in [-0.1, -0.05) is 50.6 Å². The van der Waals surface area contributed by atoms with Crippen LogP contribution in [0.25, 0.3) is 11.4 Å². The lowest BCUT2D eigenvalue weighted by atomic mass is 9.81. The summed E-state index contributed by atoms with van der Waals surface area (Å²) in [6.07, 6.45) is 3.79. The quantitative estimate of drug-likeness (QED) is 0.869. The smallest absolute Gasteiger partial charge is 0.181 e. The number of nitrogens with zero attached hydrogens (tertiary/aromatic N) is 2. The number of hydrogen-bond donors (Lipinski definition) is 1. The summed E-state index contributed by atoms with van der Waals surface area (Å²) in [7, 11) is 0. The summed E-state index contributed by atoms with van der Waals surface area (Å²) in [5.74, 6) is 2.38. The van der Waals surface area contributed by atoms with Crippen molar-refractivity contribution in [2.75, 3.05) is 0 Å². The lowest BCUT2D eigenvalue weighted by molar-refractivity contribution is 0.322. The van der Waals surface area contributed by atoms with Crippen molar-refractivity contribution in [3.63, 3.8) is 0 Å². The summed E-state index contributed by atoms with van der Waals surface area (Å²) in [5.41, 5.74) is 1.42. The zero-order valence-corrected chi connectivity index (χ0v) is 11.0. The molecule has 3 nitrogen and oxygen atoms in total. The number of H-pyrrole nitrogens is 1. The average Bonchev–Trinajstić information content (AvgIpc) is 2.96. The molecule has 0 bridgehead atoms. The van der Waals surface area contributed by atoms with Crippen LogP contribution >= 0.6 is 0 Å². The van der Waals surface area contributed by atoms with Crippen molar-refractivity contribution in [2.24, 2.45) is 5.41 Å². The Morgan fingerprint density at radius 3 is 2.67 bits per heavy atom. The highest BCUT2D eigenvalue weighted by Crippen LogP contribution is 2.47. The second-order valence-electron chi connectivity index (χ2n) is 5.84. The second kappa shape index (κ2) is 4.23. The molecule has 1 aromatic carbocycles. The topological polar surface area (TPSA) is 41.6 Å². The van der Waals surface area contributed by atoms with Gasteiger partial charge in [0.15, 0.2) is 5.82 Å². The molecule has 1 unspecified atom stereocenters. The van der Waals surface area contributed by atoms with Gasteiger partial charge in [-0.2, -0.15) is 5.10 Å². The molecule has 0 amide bonds. The van der Waals surface area contributed by atoms with Crippen LogP contribution in [0.5, 0.6) is 0 Å². The molecule has 2 aromatic rings. The van der Waals surface area contributed by atoms with Crippen LogP contribution in [0.2, 0.25) is 0 Å². The summed E-state index contributed by atoms with van der Waals surface area (Å²) >= 11 is 0. The highest BCUT2D eigenvalue weighted by Gasteiger charge is 2.37. The molecule has 0 spiro atoms. The van der Waals surface area contributed by atoms with Crippen molar-refractivity contribution in [2.45, 2.75) is 39.0 Å². The van der Waals surface area contributed by atoms with Crippen molar-refractivity contribution in [1.29, 1.82) is 0 Å². The van der Waals surface area contributed by atoms with E-state index >= 15 is 0 Å². The molecule has 1 saturated carbocycles. The summed E-state index contributed by atoms with van der Waals surface area (Å²) in [6.45, 7) is 4.66. The molecule has 1 aliphatic carbocycles. The van der Waals surface area contributed by atoms with E-state index in [1.165, 1.54) is 19.3 Å². The highest BCUT2D eigenvalue weighted by atomic mass is 15.2. The van der Waals surface area contributed by atoms with Crippen molar-refractivity contribution in [3.05, 3.63) is 36.2 Å². The molecule has 1 aromatic heterocycles. The summed E-state index contributed by atoms with van der Waals surface area (Å²) in [4.78, 5) is 4.69. The first kappa shape index (κ1) is 11.5. The Hall–Kier alpha value is -1.64. The summed E-state index contributed by atoms with van der Waals surface area (Å²) in [6, 6.07) is 10.1. The van der Waals surface area contributed by atoms with Gasteiger partial charge < -0.3 is 0 Å². The minimum Gasteiger partial charge on any atom is -0.262 e. The molecule has 1 fully saturated rings. The van der Waals surface area contributed by atoms with Gasteiger partial charge in [-0.15, -0.1) is 0 Å². The molecule has 3 rings (SSSR count). The van der Waals surface area contributed by atoms with Crippen molar-refractivity contribution >= 4 is 0 Å². The Balaban J connectivity index is 1.91. The lowest BCUT2D eigenvalue weighted by Crippen LogP contribution is -2.16. The van der Waals surface area contributed by atoms with Crippen molar-refractivity contribution in [1.82, 2.24) is 15.2 Å². The minimum atomic E-state index is 0.341. The van der Waals surface area contributed by atoms with Crippen LogP contribution in [0.1, 0.15) is 44.9 Å². The maximum Gasteiger partial charge on any atom is 0.181 e. The molecular formula is C15H19N3. The molecular weight excluding hydrogens is 222 g/mol. The van der Waals surface area contributed by atoms with E-state index in [1.54, 1.807) is 0 Å². The first-order chi connectivity index (χ1) is 8.67. The van der Waals surface area contributed by atoms with Crippen molar-refractivity contribution in [3.8, 4) is 11.4 Å². The Kier molecular flexibility index (Phi) is 2.69. The number of hydrogen-bond acceptors (Lipinski definition) is 2. The standard InChI is InChI=1S/C15H19N3/c1-15(2)10-6-9-12(15)14-16-13(17-18-14)11-7-4-3-5-8-11/h3-5,7-8,12H,6,9-10H2,1-2H3,(H,16,17,18). The van der Waals surface area contributed by atoms with E-state index in [-0.39, 0.29) is 0 Å². The van der Waals surface area contributed by atoms with Crippen LogP contribution in [0.4, 0.5) is 0 Å². The minimum absolute atomic E-state index is 0.341. The zero-order valence-electron chi connectivity index (χ0n) is 11.0. The largest absolute Gasteiger partial charge is 0.262 e. The van der Waals surface area contributed by atoms with Gasteiger partial charge in [0.25, 0.3) is 0 Å². The third kappa shape index (κ3) is 1.94. The number of rotatable bonds is 2. The first-order valence-corrected chi connectivity index (χ1v) is 6.64. The van der Waals surface area contributed by atoms with Gasteiger partial charge in [-0.05, 0) is 18.3 Å². The zero-order chi connectivity index (χ0) is 12.6. The molecule has 1 N–H and O–H groups in total. The molecule has 94 valence electrons. The lowest BCUT2D eigenvalue weighted by Gasteiger charge is -2.24. The number of benzene rings is 1. The highest BCUT2D eigenvalue weighted by molar-refractivity contribution is 5.53. The molecule has 1 aliphatic rings. The molecule has 18 heavy (non-hydrogen) atoms. The Bertz CT molecular complexity index is 528. The van der Waals surface area contributed by atoms with Gasteiger partial charge in [0, 0.05) is 11.5 Å². The Morgan fingerprint density at radius 2 is 2.00 bits per heavy atom. The van der Waals surface area contributed by atoms with E-state index in [0.717, 1.165) is 17.2 Å². The predicted molar refractivity (Wildman–Crippen MR) is 72.2 cm³/mol. The maximum absolute atomic E-state index is 4.69. The van der Waals surface area contributed by atoms with E-state index in [1.807, 2.05) is 30.3 Å². The fourth-order valence-corrected chi connectivity index (χ4v) is 2.98. The van der Waals surface area contributed by atoms with Crippen LogP contribution in [0, 0.1) is 5.41 Å². The van der Waals surface area contributed by atoms with Crippen LogP contribution in [0.3, 0.4) is 0 Å². The van der Waals surface area contributed by atoms with Gasteiger partial charge in [0.1, 0.15) is 5.82 Å². The molecule has 1 atom stereocenters. The molecule has 1 heterocycles. The summed E-state index contributed by atoms with van der Waals surface area (Å²) in [5, 5.41) is 7.50. The molecule has 3 heteroatoms. The Labute approximate surface area is 108 Å². The number of aromatic amines is 1. The number of nitrogens with one attached hydrogen (secondary N) is 1. The first-order valence-electron chi connectivity index (χ1n) is 6.64. The van der Waals surface area contributed by atoms with Crippen LogP contribution < -0.4 is 0 Å². The van der Waals surface area contributed by atoms with Gasteiger partial charge in [-0.3, -0.25) is 5.10 Å². The fourth-order valence-electron chi connectivity index (χ4n) is 2.98. The van der Waals surface area contributed by atoms with Gasteiger partial charge in [0.05, 0.1) is 0 Å². The normalized spacial score (nSPS) is 22.2. The van der Waals surface area contributed by atoms with Crippen LogP contribution in [-0.4, -0.2) is 15.2 Å². The van der Waals surface area contributed by atoms with Gasteiger partial charge >= 0.3 is 0 Å². The molecule has 0 radical (unpaired) electrons. The third-order valence-electron chi connectivity index (χ3n) is 4.12. The van der Waals surface area contributed by atoms with E-state index in [9.17, 15) is 0 Å². The molecule has 0 saturated heterocycles. The third-order valence-corrected chi connectivity index (χ3v) is 4.12. The van der Waals surface area contributed by atoms with Gasteiger partial charge in [0.2, 0.25) is 0 Å². The fraction of sp³-hybridized carbons (Fsp3) is 0.467. The SMILES string of the molecule is CC1(C)CCCC1c1nc(-c2ccccc2)n[nH]1. The second-order valence-corrected chi connectivity index (χ2v) is 5.84. The van der Waals surface area contributed by atoms with Gasteiger partial charge in [-0.25, -0.2) is 4.98 Å². The number of aromatic nitrogens is 3. The van der Waals surface area contributed by atoms with Crippen LogP contribution in [-0.2, 0) is 0 Å². The maximum atomic E-state index is 4.69. The van der Waals surface area contributed by atoms with Crippen molar-refractivity contribution < 1.29 is 0 Å². The predicted octanol–water partition coefficient (Wildman–Crippen LogP) is 3.77. The van der Waals surface area contributed by atoms with E-state index in [4.69, 9.17) is 4.98 Å². The monoisotopic (exact) mass is 241 g/mol. The van der Waals surface area contributed by atoms with E-state index in [0.29, 0.717) is 11.3 Å². The average molecular weight is 241 g/mol. The van der Waals surface area contributed by atoms with Crippen LogP contribution in [0.15, 0.2) is 30.3 Å².